The Kier molecular flexibility index (Phi) is 4.76. The number of aromatic nitrogens is 2. The van der Waals surface area contributed by atoms with Gasteiger partial charge in [-0.1, -0.05) is 36.4 Å². The summed E-state index contributed by atoms with van der Waals surface area (Å²) in [4.78, 5) is 6.80. The average Bonchev–Trinajstić information content (AvgIpc) is 3.26. The molecule has 6 rings (SSSR count). The fourth-order valence-corrected chi connectivity index (χ4v) is 4.62. The number of halogens is 2. The predicted octanol–water partition coefficient (Wildman–Crippen LogP) is 7.85. The molecule has 2 aromatic heterocycles. The molecule has 0 aliphatic rings. The second-order valence-electron chi connectivity index (χ2n) is 6.72. The van der Waals surface area contributed by atoms with E-state index in [-0.39, 0.29) is 0 Å². The van der Waals surface area contributed by atoms with Gasteiger partial charge < -0.3 is 9.97 Å². The molecule has 2 nitrogen and oxygen atoms in total. The zero-order valence-corrected chi connectivity index (χ0v) is 19.2. The van der Waals surface area contributed by atoms with E-state index in [1.807, 2.05) is 0 Å². The summed E-state index contributed by atoms with van der Waals surface area (Å²) < 4.78 is 2.56. The number of H-pyrrole nitrogens is 2. The Bertz CT molecular complexity index is 1340. The highest BCUT2D eigenvalue weighted by Crippen LogP contribution is 2.28. The number of nitrogens with one attached hydrogen (secondary N) is 2. The number of benzene rings is 4. The van der Waals surface area contributed by atoms with Crippen LogP contribution in [-0.4, -0.2) is 9.97 Å². The zero-order valence-electron chi connectivity index (χ0n) is 14.8. The first-order valence-corrected chi connectivity index (χ1v) is 11.2. The van der Waals surface area contributed by atoms with Crippen molar-refractivity contribution in [2.75, 3.05) is 0 Å². The Morgan fingerprint density at radius 3 is 1.29 bits per heavy atom. The molecule has 136 valence electrons. The molecule has 28 heavy (non-hydrogen) atoms. The highest BCUT2D eigenvalue weighted by atomic mass is 127. The van der Waals surface area contributed by atoms with Gasteiger partial charge in [-0.05, 0) is 93.7 Å². The lowest BCUT2D eigenvalue weighted by Crippen LogP contribution is -1.71. The van der Waals surface area contributed by atoms with Crippen molar-refractivity contribution in [2.24, 2.45) is 0 Å². The third-order valence-corrected chi connectivity index (χ3v) is 6.28. The molecule has 0 amide bonds. The smallest absolute Gasteiger partial charge is 0.0465 e. The van der Waals surface area contributed by atoms with Crippen LogP contribution in [-0.2, 0) is 0 Å². The Balaban J connectivity index is 0.000000123. The fraction of sp³-hybridized carbons (Fsp3) is 0. The average molecular weight is 586 g/mol. The summed E-state index contributed by atoms with van der Waals surface area (Å²) in [5.74, 6) is 0. The van der Waals surface area contributed by atoms with E-state index in [0.29, 0.717) is 0 Å². The van der Waals surface area contributed by atoms with Gasteiger partial charge in [0.1, 0.15) is 0 Å². The predicted molar refractivity (Wildman–Crippen MR) is 137 cm³/mol. The summed E-state index contributed by atoms with van der Waals surface area (Å²) in [6.07, 6.45) is 0. The summed E-state index contributed by atoms with van der Waals surface area (Å²) >= 11 is 4.70. The zero-order chi connectivity index (χ0) is 19.1. The summed E-state index contributed by atoms with van der Waals surface area (Å²) in [7, 11) is 0. The van der Waals surface area contributed by atoms with E-state index >= 15 is 0 Å². The van der Waals surface area contributed by atoms with Gasteiger partial charge in [0, 0.05) is 50.8 Å². The highest BCUT2D eigenvalue weighted by Gasteiger charge is 2.04. The SMILES string of the molecule is Ic1ccc2[nH]c3ccc(I)cc3c2c1.c1ccc2c(c1)[nH]c1ccccc12. The molecule has 0 fully saturated rings. The summed E-state index contributed by atoms with van der Waals surface area (Å²) in [5.41, 5.74) is 4.85. The Hall–Kier alpha value is -2.06. The second-order valence-corrected chi connectivity index (χ2v) is 9.21. The van der Waals surface area contributed by atoms with Crippen molar-refractivity contribution < 1.29 is 0 Å². The fourth-order valence-electron chi connectivity index (χ4n) is 3.64. The quantitative estimate of drug-likeness (QED) is 0.170. The third-order valence-electron chi connectivity index (χ3n) is 4.94. The lowest BCUT2D eigenvalue weighted by molar-refractivity contribution is 1.54. The van der Waals surface area contributed by atoms with Crippen LogP contribution in [0.15, 0.2) is 84.9 Å². The van der Waals surface area contributed by atoms with Crippen LogP contribution in [0.1, 0.15) is 0 Å². The van der Waals surface area contributed by atoms with Gasteiger partial charge in [-0.25, -0.2) is 0 Å². The maximum absolute atomic E-state index is 3.43. The minimum Gasteiger partial charge on any atom is -0.355 e. The van der Waals surface area contributed by atoms with E-state index in [1.165, 1.54) is 50.8 Å². The standard InChI is InChI=1S/C12H7I2N.C12H9N/c13-7-1-3-11-9(5-7)10-6-8(14)2-4-12(10)15-11;1-3-7-11-9(5-1)10-6-2-4-8-12(10)13-11/h1-6,15H;1-8,13H. The molecular formula is C24H16I2N2. The van der Waals surface area contributed by atoms with Crippen molar-refractivity contribution in [3.05, 3.63) is 92.1 Å². The molecule has 4 aromatic carbocycles. The molecule has 0 atom stereocenters. The van der Waals surface area contributed by atoms with Crippen LogP contribution in [0.2, 0.25) is 0 Å². The summed E-state index contributed by atoms with van der Waals surface area (Å²) in [6.45, 7) is 0. The van der Waals surface area contributed by atoms with Gasteiger partial charge in [0.15, 0.2) is 0 Å². The number of rotatable bonds is 0. The molecule has 0 radical (unpaired) electrons. The van der Waals surface area contributed by atoms with Crippen LogP contribution in [0, 0.1) is 7.14 Å². The molecule has 6 aromatic rings. The molecule has 0 spiro atoms. The van der Waals surface area contributed by atoms with E-state index in [9.17, 15) is 0 Å². The molecule has 0 unspecified atom stereocenters. The molecular weight excluding hydrogens is 570 g/mol. The summed E-state index contributed by atoms with van der Waals surface area (Å²) in [6, 6.07) is 29.8. The van der Waals surface area contributed by atoms with E-state index in [2.05, 4.69) is 140 Å². The molecule has 0 aliphatic heterocycles. The maximum Gasteiger partial charge on any atom is 0.0465 e. The van der Waals surface area contributed by atoms with E-state index in [1.54, 1.807) is 0 Å². The Morgan fingerprint density at radius 1 is 0.429 bits per heavy atom. The molecule has 4 heteroatoms. The molecule has 0 bridgehead atoms. The van der Waals surface area contributed by atoms with Gasteiger partial charge in [0.2, 0.25) is 0 Å². The van der Waals surface area contributed by atoms with Gasteiger partial charge in [-0.3, -0.25) is 0 Å². The minimum absolute atomic E-state index is 1.21. The topological polar surface area (TPSA) is 31.6 Å². The van der Waals surface area contributed by atoms with E-state index in [0.717, 1.165) is 0 Å². The number of fused-ring (bicyclic) bond motifs is 6. The lowest BCUT2D eigenvalue weighted by Gasteiger charge is -1.93. The molecule has 2 N–H and O–H groups in total. The number of hydrogen-bond acceptors (Lipinski definition) is 0. The largest absolute Gasteiger partial charge is 0.355 e. The lowest BCUT2D eigenvalue weighted by atomic mass is 10.2. The number of hydrogen-bond donors (Lipinski definition) is 2. The van der Waals surface area contributed by atoms with Gasteiger partial charge in [-0.15, -0.1) is 0 Å². The van der Waals surface area contributed by atoms with Crippen molar-refractivity contribution in [1.82, 2.24) is 9.97 Å². The summed E-state index contributed by atoms with van der Waals surface area (Å²) in [5, 5.41) is 5.24. The second kappa shape index (κ2) is 7.40. The van der Waals surface area contributed by atoms with Crippen molar-refractivity contribution >= 4 is 88.8 Å². The van der Waals surface area contributed by atoms with Crippen LogP contribution >= 0.6 is 45.2 Å². The first-order chi connectivity index (χ1) is 13.7. The number of para-hydroxylation sites is 2. The minimum atomic E-state index is 1.21. The molecule has 0 saturated carbocycles. The van der Waals surface area contributed by atoms with Gasteiger partial charge in [0.25, 0.3) is 0 Å². The monoisotopic (exact) mass is 586 g/mol. The van der Waals surface area contributed by atoms with Crippen molar-refractivity contribution in [3.63, 3.8) is 0 Å². The van der Waals surface area contributed by atoms with E-state index < -0.39 is 0 Å². The van der Waals surface area contributed by atoms with Crippen LogP contribution < -0.4 is 0 Å². The van der Waals surface area contributed by atoms with E-state index in [4.69, 9.17) is 0 Å². The Labute approximate surface area is 189 Å². The highest BCUT2D eigenvalue weighted by molar-refractivity contribution is 14.1. The van der Waals surface area contributed by atoms with Gasteiger partial charge in [0.05, 0.1) is 0 Å². The third kappa shape index (κ3) is 3.28. The first-order valence-electron chi connectivity index (χ1n) is 9.01. The Morgan fingerprint density at radius 2 is 0.821 bits per heavy atom. The van der Waals surface area contributed by atoms with Crippen LogP contribution in [0.25, 0.3) is 43.6 Å². The van der Waals surface area contributed by atoms with Crippen molar-refractivity contribution in [1.29, 1.82) is 0 Å². The van der Waals surface area contributed by atoms with Gasteiger partial charge in [-0.2, -0.15) is 0 Å². The van der Waals surface area contributed by atoms with Crippen molar-refractivity contribution in [3.8, 4) is 0 Å². The number of aromatic amines is 2. The van der Waals surface area contributed by atoms with Crippen LogP contribution in [0.5, 0.6) is 0 Å². The molecule has 0 saturated heterocycles. The molecule has 0 aliphatic carbocycles. The molecule has 2 heterocycles. The maximum atomic E-state index is 3.43. The first kappa shape index (κ1) is 18.0. The van der Waals surface area contributed by atoms with Crippen molar-refractivity contribution in [2.45, 2.75) is 0 Å². The van der Waals surface area contributed by atoms with Crippen LogP contribution in [0.4, 0.5) is 0 Å². The van der Waals surface area contributed by atoms with Crippen LogP contribution in [0.3, 0.4) is 0 Å². The van der Waals surface area contributed by atoms with Gasteiger partial charge >= 0.3 is 0 Å². The normalized spacial score (nSPS) is 11.2.